The fourth-order valence-electron chi connectivity index (χ4n) is 7.14. The molecule has 7 rings (SSSR count). The second-order valence-electron chi connectivity index (χ2n) is 9.94. The van der Waals surface area contributed by atoms with Crippen LogP contribution in [0.5, 0.6) is 0 Å². The minimum Gasteiger partial charge on any atom is -0.467 e. The van der Waals surface area contributed by atoms with Crippen molar-refractivity contribution in [2.45, 2.75) is 35.8 Å². The molecule has 4 aliphatic heterocycles. The third kappa shape index (κ3) is 2.49. The predicted octanol–water partition coefficient (Wildman–Crippen LogP) is 4.20. The van der Waals surface area contributed by atoms with Gasteiger partial charge in [0.2, 0.25) is 11.4 Å². The van der Waals surface area contributed by atoms with Crippen molar-refractivity contribution in [2.75, 3.05) is 13.7 Å². The van der Waals surface area contributed by atoms with E-state index in [1.54, 1.807) is 30.4 Å². The number of esters is 1. The summed E-state index contributed by atoms with van der Waals surface area (Å²) in [6.07, 6.45) is -1.57. The number of amides is 1. The summed E-state index contributed by atoms with van der Waals surface area (Å²) >= 11 is 0. The van der Waals surface area contributed by atoms with Crippen LogP contribution in [-0.2, 0) is 37.2 Å². The van der Waals surface area contributed by atoms with Crippen LogP contribution >= 0.6 is 0 Å². The molecule has 3 aromatic rings. The maximum Gasteiger partial charge on any atom is 0.416 e. The molecule has 0 unspecified atom stereocenters. The van der Waals surface area contributed by atoms with Crippen molar-refractivity contribution in [3.05, 3.63) is 82.8 Å². The highest BCUT2D eigenvalue weighted by Crippen LogP contribution is 2.66. The summed E-state index contributed by atoms with van der Waals surface area (Å²) < 4.78 is 67.1. The molecule has 5 atom stereocenters. The van der Waals surface area contributed by atoms with Crippen LogP contribution in [0.25, 0.3) is 10.9 Å². The zero-order chi connectivity index (χ0) is 25.9. The molecule has 1 aromatic heterocycles. The van der Waals surface area contributed by atoms with E-state index in [2.05, 4.69) is 4.98 Å². The van der Waals surface area contributed by atoms with Crippen molar-refractivity contribution < 1.29 is 36.6 Å². The van der Waals surface area contributed by atoms with Crippen LogP contribution in [0.1, 0.15) is 28.3 Å². The average molecular weight is 512 g/mol. The maximum absolute atomic E-state index is 14.8. The number of hydrogen-bond acceptors (Lipinski definition) is 4. The normalized spacial score (nSPS) is 31.5. The smallest absolute Gasteiger partial charge is 0.416 e. The van der Waals surface area contributed by atoms with Gasteiger partial charge in [-0.15, -0.1) is 0 Å². The molecule has 6 nitrogen and oxygen atoms in total. The predicted molar refractivity (Wildman–Crippen MR) is 122 cm³/mol. The topological polar surface area (TPSA) is 71.6 Å². The summed E-state index contributed by atoms with van der Waals surface area (Å²) in [7, 11) is 1.20. The number of carbonyl (C=O) groups is 2. The first kappa shape index (κ1) is 22.5. The molecule has 0 radical (unpaired) electrons. The fraction of sp³-hybridized carbons (Fsp3) is 0.333. The van der Waals surface area contributed by atoms with Gasteiger partial charge in [0.25, 0.3) is 0 Å². The summed E-state index contributed by atoms with van der Waals surface area (Å²) in [6, 6.07) is 9.49. The number of ether oxygens (including phenoxy) is 2. The van der Waals surface area contributed by atoms with Crippen LogP contribution < -0.4 is 0 Å². The number of benzene rings is 2. The van der Waals surface area contributed by atoms with Crippen molar-refractivity contribution in [3.63, 3.8) is 0 Å². The number of methoxy groups -OCH3 is 1. The van der Waals surface area contributed by atoms with Gasteiger partial charge in [-0.3, -0.25) is 4.79 Å². The largest absolute Gasteiger partial charge is 0.467 e. The average Bonchev–Trinajstić information content (AvgIpc) is 3.61. The van der Waals surface area contributed by atoms with Gasteiger partial charge in [-0.25, -0.2) is 9.18 Å². The van der Waals surface area contributed by atoms with Crippen molar-refractivity contribution in [1.82, 2.24) is 9.88 Å². The molecule has 0 aliphatic carbocycles. The Morgan fingerprint density at radius 3 is 2.76 bits per heavy atom. The lowest BCUT2D eigenvalue weighted by Crippen LogP contribution is -2.63. The molecule has 37 heavy (non-hydrogen) atoms. The van der Waals surface area contributed by atoms with E-state index >= 15 is 0 Å². The SMILES string of the molecule is COC(=O)[C@]12c3[nH]c4c(F)cccc4c3CCN1C(=O)[C@H]1[C@H](c3cccc(C(F)(F)F)c3)[C@@H]3C=C[C@@]12O3. The number of fused-ring (bicyclic) bond motifs is 6. The van der Waals surface area contributed by atoms with Crippen LogP contribution in [0.15, 0.2) is 54.6 Å². The first-order valence-corrected chi connectivity index (χ1v) is 11.9. The highest BCUT2D eigenvalue weighted by Gasteiger charge is 2.81. The van der Waals surface area contributed by atoms with Gasteiger partial charge in [-0.2, -0.15) is 13.2 Å². The molecule has 2 bridgehead atoms. The Hall–Kier alpha value is -3.66. The van der Waals surface area contributed by atoms with E-state index in [4.69, 9.17) is 9.47 Å². The van der Waals surface area contributed by atoms with E-state index in [0.29, 0.717) is 28.6 Å². The number of para-hydroxylation sites is 1. The number of H-pyrrole nitrogens is 1. The van der Waals surface area contributed by atoms with E-state index in [0.717, 1.165) is 12.1 Å². The zero-order valence-electron chi connectivity index (χ0n) is 19.4. The van der Waals surface area contributed by atoms with Gasteiger partial charge >= 0.3 is 12.1 Å². The Balaban J connectivity index is 1.48. The monoisotopic (exact) mass is 512 g/mol. The first-order valence-electron chi connectivity index (χ1n) is 11.9. The van der Waals surface area contributed by atoms with E-state index < -0.39 is 58.5 Å². The Bertz CT molecular complexity index is 1540. The number of nitrogens with one attached hydrogen (secondary N) is 1. The number of carbonyl (C=O) groups excluding carboxylic acids is 2. The molecule has 2 aromatic carbocycles. The summed E-state index contributed by atoms with van der Waals surface area (Å²) in [5, 5.41) is 0.594. The third-order valence-electron chi connectivity index (χ3n) is 8.46. The summed E-state index contributed by atoms with van der Waals surface area (Å²) in [6.45, 7) is 0.139. The Kier molecular flexibility index (Phi) is 4.27. The Morgan fingerprint density at radius 2 is 2.00 bits per heavy atom. The minimum absolute atomic E-state index is 0.139. The molecule has 2 fully saturated rings. The van der Waals surface area contributed by atoms with Crippen molar-refractivity contribution >= 4 is 22.8 Å². The molecule has 4 aliphatic rings. The lowest BCUT2D eigenvalue weighted by molar-refractivity contribution is -0.172. The third-order valence-corrected chi connectivity index (χ3v) is 8.46. The standard InChI is InChI=1S/C27H20F4N2O4/c1-36-24(35)26-22-16(15-6-3-7-17(28)21(15)32-22)9-11-33(26)23(34)20-19(18-8-10-25(20,26)37-18)13-4-2-5-14(12-13)27(29,30)31/h2-8,10,12,18-20,32H,9,11H2,1H3/t18-,19+,20+,25+,26-/m0/s1. The molecule has 190 valence electrons. The van der Waals surface area contributed by atoms with E-state index in [1.165, 1.54) is 24.1 Å². The van der Waals surface area contributed by atoms with Crippen molar-refractivity contribution in [3.8, 4) is 0 Å². The molecule has 1 spiro atoms. The Morgan fingerprint density at radius 1 is 1.22 bits per heavy atom. The number of hydrogen-bond donors (Lipinski definition) is 1. The van der Waals surface area contributed by atoms with Gasteiger partial charge in [0.1, 0.15) is 11.4 Å². The molecule has 1 amide bonds. The van der Waals surface area contributed by atoms with Crippen molar-refractivity contribution in [1.29, 1.82) is 0 Å². The molecular formula is C27H20F4N2O4. The van der Waals surface area contributed by atoms with Gasteiger partial charge in [-0.05, 0) is 29.7 Å². The van der Waals surface area contributed by atoms with Crippen LogP contribution in [-0.4, -0.2) is 47.1 Å². The second-order valence-corrected chi connectivity index (χ2v) is 9.94. The van der Waals surface area contributed by atoms with Crippen LogP contribution in [0, 0.1) is 11.7 Å². The number of nitrogens with zero attached hydrogens (tertiary/aromatic N) is 1. The van der Waals surface area contributed by atoms with E-state index in [9.17, 15) is 27.2 Å². The molecule has 10 heteroatoms. The van der Waals surface area contributed by atoms with Gasteiger partial charge < -0.3 is 19.4 Å². The van der Waals surface area contributed by atoms with E-state index in [1.807, 2.05) is 0 Å². The second kappa shape index (κ2) is 7.00. The van der Waals surface area contributed by atoms with Gasteiger partial charge in [-0.1, -0.05) is 42.5 Å². The lowest BCUT2D eigenvalue weighted by atomic mass is 9.65. The zero-order valence-corrected chi connectivity index (χ0v) is 19.4. The Labute approximate surface area is 207 Å². The molecule has 2 saturated heterocycles. The quantitative estimate of drug-likeness (QED) is 0.318. The minimum atomic E-state index is -4.56. The number of rotatable bonds is 2. The fourth-order valence-corrected chi connectivity index (χ4v) is 7.14. The maximum atomic E-state index is 14.8. The molecular weight excluding hydrogens is 492 g/mol. The number of halogens is 4. The van der Waals surface area contributed by atoms with Crippen LogP contribution in [0.4, 0.5) is 17.6 Å². The first-order chi connectivity index (χ1) is 17.6. The summed E-state index contributed by atoms with van der Waals surface area (Å²) in [5.41, 5.74) is -2.66. The molecule has 0 saturated carbocycles. The van der Waals surface area contributed by atoms with Crippen LogP contribution in [0.2, 0.25) is 0 Å². The highest BCUT2D eigenvalue weighted by atomic mass is 19.4. The number of aromatic amines is 1. The van der Waals surface area contributed by atoms with E-state index in [-0.39, 0.29) is 12.1 Å². The molecule has 5 heterocycles. The van der Waals surface area contributed by atoms with Gasteiger partial charge in [0.15, 0.2) is 0 Å². The lowest BCUT2D eigenvalue weighted by Gasteiger charge is -2.46. The summed E-state index contributed by atoms with van der Waals surface area (Å²) in [4.78, 5) is 32.4. The van der Waals surface area contributed by atoms with Gasteiger partial charge in [0.05, 0.1) is 35.9 Å². The summed E-state index contributed by atoms with van der Waals surface area (Å²) in [5.74, 6) is -3.41. The van der Waals surface area contributed by atoms with Gasteiger partial charge in [0, 0.05) is 17.8 Å². The van der Waals surface area contributed by atoms with Crippen molar-refractivity contribution in [2.24, 2.45) is 5.92 Å². The molecule has 1 N–H and O–H groups in total. The highest BCUT2D eigenvalue weighted by molar-refractivity contribution is 6.01. The number of aromatic nitrogens is 1. The number of alkyl halides is 3. The van der Waals surface area contributed by atoms with Crippen LogP contribution in [0.3, 0.4) is 0 Å².